The Bertz CT molecular complexity index is 845. The number of amides is 2. The van der Waals surface area contributed by atoms with Gasteiger partial charge in [-0.3, -0.25) is 9.59 Å². The fraction of sp³-hybridized carbons (Fsp3) is 0.391. The first-order valence-electron chi connectivity index (χ1n) is 9.90. The van der Waals surface area contributed by atoms with Crippen LogP contribution in [-0.4, -0.2) is 35.1 Å². The Morgan fingerprint density at radius 1 is 1.10 bits per heavy atom. The number of carbonyl (C=O) groups excluding carboxylic acids is 2. The second kappa shape index (κ2) is 12.0. The second-order valence-electron chi connectivity index (χ2n) is 7.55. The number of benzene rings is 2. The Labute approximate surface area is 187 Å². The molecule has 7 heteroatoms. The topological polar surface area (TPSA) is 49.4 Å². The minimum absolute atomic E-state index is 0.149. The van der Waals surface area contributed by atoms with Crippen molar-refractivity contribution in [1.82, 2.24) is 10.2 Å². The maximum atomic E-state index is 13.2. The summed E-state index contributed by atoms with van der Waals surface area (Å²) in [5, 5.41) is 3.55. The van der Waals surface area contributed by atoms with Crippen LogP contribution in [0.25, 0.3) is 0 Å². The number of carbonyl (C=O) groups is 2. The maximum absolute atomic E-state index is 13.2. The average Bonchev–Trinajstić information content (AvgIpc) is 2.72. The van der Waals surface area contributed by atoms with Crippen molar-refractivity contribution >= 4 is 35.2 Å². The largest absolute Gasteiger partial charge is 0.354 e. The highest BCUT2D eigenvalue weighted by Gasteiger charge is 2.26. The van der Waals surface area contributed by atoms with E-state index in [2.05, 4.69) is 5.32 Å². The summed E-state index contributed by atoms with van der Waals surface area (Å²) in [6.45, 7) is 6.52. The number of nitrogens with one attached hydrogen (secondary N) is 1. The van der Waals surface area contributed by atoms with Crippen LogP contribution in [0.5, 0.6) is 0 Å². The molecule has 2 amide bonds. The molecule has 0 spiro atoms. The monoisotopic (exact) mass is 450 g/mol. The number of hydrogen-bond acceptors (Lipinski definition) is 3. The first-order valence-corrected chi connectivity index (χ1v) is 11.4. The standard InChI is InChI=1S/C23H28ClFN2O2S/c1-16(2)12-26-23(29)17(3)27(13-18-8-10-20(25)11-9-18)22(28)15-30-14-19-6-4-5-7-21(19)24/h4-11,16-17H,12-15H2,1-3H3,(H,26,29)/t17-/m0/s1. The Kier molecular flexibility index (Phi) is 9.66. The van der Waals surface area contributed by atoms with Crippen LogP contribution in [0.1, 0.15) is 31.9 Å². The van der Waals surface area contributed by atoms with Gasteiger partial charge in [-0.05, 0) is 42.2 Å². The zero-order valence-electron chi connectivity index (χ0n) is 17.5. The van der Waals surface area contributed by atoms with E-state index in [1.807, 2.05) is 38.1 Å². The third-order valence-corrected chi connectivity index (χ3v) is 5.89. The molecule has 162 valence electrons. The molecule has 0 aliphatic carbocycles. The fourth-order valence-electron chi connectivity index (χ4n) is 2.77. The molecule has 2 rings (SSSR count). The van der Waals surface area contributed by atoms with Gasteiger partial charge in [0.15, 0.2) is 0 Å². The van der Waals surface area contributed by atoms with Gasteiger partial charge in [0.05, 0.1) is 5.75 Å². The molecule has 0 aliphatic heterocycles. The molecule has 0 saturated heterocycles. The highest BCUT2D eigenvalue weighted by molar-refractivity contribution is 7.99. The molecule has 4 nitrogen and oxygen atoms in total. The van der Waals surface area contributed by atoms with Crippen LogP contribution in [0.2, 0.25) is 5.02 Å². The minimum Gasteiger partial charge on any atom is -0.354 e. The van der Waals surface area contributed by atoms with Gasteiger partial charge in [-0.1, -0.05) is 55.8 Å². The average molecular weight is 451 g/mol. The molecule has 0 radical (unpaired) electrons. The summed E-state index contributed by atoms with van der Waals surface area (Å²) in [4.78, 5) is 27.1. The zero-order chi connectivity index (χ0) is 22.1. The lowest BCUT2D eigenvalue weighted by Crippen LogP contribution is -2.48. The van der Waals surface area contributed by atoms with Gasteiger partial charge in [-0.2, -0.15) is 0 Å². The molecule has 1 atom stereocenters. The number of halogens is 2. The number of hydrogen-bond donors (Lipinski definition) is 1. The van der Waals surface area contributed by atoms with E-state index in [9.17, 15) is 14.0 Å². The molecular formula is C23H28ClFN2O2S. The van der Waals surface area contributed by atoms with E-state index in [0.29, 0.717) is 23.2 Å². The molecule has 0 unspecified atom stereocenters. The molecular weight excluding hydrogens is 423 g/mol. The van der Waals surface area contributed by atoms with Gasteiger partial charge in [0.25, 0.3) is 0 Å². The normalized spacial score (nSPS) is 11.9. The second-order valence-corrected chi connectivity index (χ2v) is 8.94. The fourth-order valence-corrected chi connectivity index (χ4v) is 3.96. The Morgan fingerprint density at radius 3 is 2.40 bits per heavy atom. The Hall–Kier alpha value is -2.05. The van der Waals surface area contributed by atoms with E-state index >= 15 is 0 Å². The van der Waals surface area contributed by atoms with Gasteiger partial charge >= 0.3 is 0 Å². The maximum Gasteiger partial charge on any atom is 0.242 e. The lowest BCUT2D eigenvalue weighted by molar-refractivity contribution is -0.138. The smallest absolute Gasteiger partial charge is 0.242 e. The van der Waals surface area contributed by atoms with Crippen molar-refractivity contribution < 1.29 is 14.0 Å². The summed E-state index contributed by atoms with van der Waals surface area (Å²) < 4.78 is 13.2. The van der Waals surface area contributed by atoms with E-state index in [1.54, 1.807) is 24.0 Å². The zero-order valence-corrected chi connectivity index (χ0v) is 19.1. The summed E-state index contributed by atoms with van der Waals surface area (Å²) in [6, 6.07) is 12.9. The van der Waals surface area contributed by atoms with Gasteiger partial charge in [0.2, 0.25) is 11.8 Å². The predicted molar refractivity (Wildman–Crippen MR) is 122 cm³/mol. The molecule has 30 heavy (non-hydrogen) atoms. The number of rotatable bonds is 10. The van der Waals surface area contributed by atoms with Crippen LogP contribution in [0.4, 0.5) is 4.39 Å². The molecule has 0 fully saturated rings. The van der Waals surface area contributed by atoms with E-state index in [4.69, 9.17) is 11.6 Å². The Morgan fingerprint density at radius 2 is 1.77 bits per heavy atom. The van der Waals surface area contributed by atoms with E-state index < -0.39 is 6.04 Å². The van der Waals surface area contributed by atoms with Crippen LogP contribution in [0, 0.1) is 11.7 Å². The lowest BCUT2D eigenvalue weighted by atomic mass is 10.1. The Balaban J connectivity index is 2.06. The van der Waals surface area contributed by atoms with Crippen LogP contribution in [0.3, 0.4) is 0 Å². The van der Waals surface area contributed by atoms with Gasteiger partial charge in [0.1, 0.15) is 11.9 Å². The first kappa shape index (κ1) is 24.2. The van der Waals surface area contributed by atoms with Crippen LogP contribution < -0.4 is 5.32 Å². The number of thioether (sulfide) groups is 1. The SMILES string of the molecule is CC(C)CNC(=O)[C@H](C)N(Cc1ccc(F)cc1)C(=O)CSCc1ccccc1Cl. The van der Waals surface area contributed by atoms with Crippen molar-refractivity contribution in [3.63, 3.8) is 0 Å². The van der Waals surface area contributed by atoms with Crippen LogP contribution in [-0.2, 0) is 21.9 Å². The summed E-state index contributed by atoms with van der Waals surface area (Å²) in [6.07, 6.45) is 0. The first-order chi connectivity index (χ1) is 14.3. The molecule has 1 N–H and O–H groups in total. The highest BCUT2D eigenvalue weighted by Crippen LogP contribution is 2.21. The minimum atomic E-state index is -0.637. The van der Waals surface area contributed by atoms with Gasteiger partial charge in [0, 0.05) is 23.9 Å². The highest BCUT2D eigenvalue weighted by atomic mass is 35.5. The molecule has 0 bridgehead atoms. The molecule has 2 aromatic rings. The van der Waals surface area contributed by atoms with E-state index in [1.165, 1.54) is 23.9 Å². The molecule has 0 saturated carbocycles. The van der Waals surface area contributed by atoms with Crippen molar-refractivity contribution in [2.45, 2.75) is 39.1 Å². The molecule has 0 heterocycles. The third kappa shape index (κ3) is 7.65. The third-order valence-electron chi connectivity index (χ3n) is 4.56. The summed E-state index contributed by atoms with van der Waals surface area (Å²) >= 11 is 7.63. The molecule has 2 aromatic carbocycles. The quantitative estimate of drug-likeness (QED) is 0.560. The van der Waals surface area contributed by atoms with Crippen molar-refractivity contribution in [1.29, 1.82) is 0 Å². The predicted octanol–water partition coefficient (Wildman–Crippen LogP) is 4.90. The van der Waals surface area contributed by atoms with Crippen LogP contribution in [0.15, 0.2) is 48.5 Å². The van der Waals surface area contributed by atoms with Crippen LogP contribution >= 0.6 is 23.4 Å². The number of nitrogens with zero attached hydrogens (tertiary/aromatic N) is 1. The van der Waals surface area contributed by atoms with Gasteiger partial charge < -0.3 is 10.2 Å². The molecule has 0 aliphatic rings. The molecule has 0 aromatic heterocycles. The van der Waals surface area contributed by atoms with Crippen molar-refractivity contribution in [3.05, 3.63) is 70.5 Å². The van der Waals surface area contributed by atoms with Gasteiger partial charge in [-0.25, -0.2) is 4.39 Å². The lowest BCUT2D eigenvalue weighted by Gasteiger charge is -2.29. The summed E-state index contributed by atoms with van der Waals surface area (Å²) in [5.74, 6) is 0.444. The van der Waals surface area contributed by atoms with Crippen molar-refractivity contribution in [2.24, 2.45) is 5.92 Å². The van der Waals surface area contributed by atoms with Crippen molar-refractivity contribution in [3.8, 4) is 0 Å². The van der Waals surface area contributed by atoms with E-state index in [0.717, 1.165) is 11.1 Å². The summed E-state index contributed by atoms with van der Waals surface area (Å²) in [5.41, 5.74) is 1.73. The van der Waals surface area contributed by atoms with E-state index in [-0.39, 0.29) is 29.9 Å². The summed E-state index contributed by atoms with van der Waals surface area (Å²) in [7, 11) is 0. The van der Waals surface area contributed by atoms with Gasteiger partial charge in [-0.15, -0.1) is 11.8 Å². The van der Waals surface area contributed by atoms with Crippen molar-refractivity contribution in [2.75, 3.05) is 12.3 Å².